The Morgan fingerprint density at radius 2 is 1.81 bits per heavy atom. The maximum absolute atomic E-state index is 11.1. The molecule has 0 atom stereocenters. The molecule has 0 N–H and O–H groups in total. The van der Waals surface area contributed by atoms with Crippen LogP contribution in [0.1, 0.15) is 27.2 Å². The summed E-state index contributed by atoms with van der Waals surface area (Å²) in [5, 5.41) is 0.897. The van der Waals surface area contributed by atoms with E-state index in [9.17, 15) is 4.79 Å². The van der Waals surface area contributed by atoms with E-state index in [1.54, 1.807) is 18.2 Å². The molecule has 0 bridgehead atoms. The summed E-state index contributed by atoms with van der Waals surface area (Å²) in [6.07, 6.45) is 0.314. The maximum atomic E-state index is 11.1. The minimum atomic E-state index is -0.611. The van der Waals surface area contributed by atoms with Gasteiger partial charge < -0.3 is 4.74 Å². The third-order valence-electron chi connectivity index (χ3n) is 1.97. The molecule has 0 heterocycles. The van der Waals surface area contributed by atoms with Crippen LogP contribution in [0.5, 0.6) is 5.75 Å². The van der Waals surface area contributed by atoms with Crippen LogP contribution in [0.2, 0.25) is 10.0 Å². The summed E-state index contributed by atoms with van der Waals surface area (Å²) in [7, 11) is 0. The molecular weight excluding hydrogens is 247 g/mol. The molecule has 0 aliphatic heterocycles. The number of carbonyl (C=O) groups excluding carboxylic acids is 1. The lowest BCUT2D eigenvalue weighted by Crippen LogP contribution is -2.30. The number of carbonyl (C=O) groups is 1. The molecule has 88 valence electrons. The quantitative estimate of drug-likeness (QED) is 0.814. The van der Waals surface area contributed by atoms with Crippen molar-refractivity contribution in [3.63, 3.8) is 0 Å². The van der Waals surface area contributed by atoms with Crippen molar-refractivity contribution < 1.29 is 9.53 Å². The van der Waals surface area contributed by atoms with Crippen LogP contribution in [0.4, 0.5) is 0 Å². The van der Waals surface area contributed by atoms with Crippen molar-refractivity contribution in [3.05, 3.63) is 28.2 Å². The Balaban J connectivity index is 2.91. The van der Waals surface area contributed by atoms with Crippen molar-refractivity contribution in [2.24, 2.45) is 0 Å². The van der Waals surface area contributed by atoms with E-state index in [4.69, 9.17) is 27.9 Å². The number of hydrogen-bond donors (Lipinski definition) is 0. The van der Waals surface area contributed by atoms with Crippen LogP contribution in [0.25, 0.3) is 0 Å². The van der Waals surface area contributed by atoms with Crippen LogP contribution in [-0.4, -0.2) is 11.4 Å². The van der Waals surface area contributed by atoms with Gasteiger partial charge in [-0.3, -0.25) is 4.79 Å². The first-order valence-corrected chi connectivity index (χ1v) is 5.70. The number of para-hydroxylation sites is 1. The fourth-order valence-electron chi connectivity index (χ4n) is 1.49. The highest BCUT2D eigenvalue weighted by Crippen LogP contribution is 2.35. The molecule has 16 heavy (non-hydrogen) atoms. The van der Waals surface area contributed by atoms with E-state index in [2.05, 4.69) is 0 Å². The van der Waals surface area contributed by atoms with Crippen molar-refractivity contribution in [1.29, 1.82) is 0 Å². The molecular formula is C12H14Cl2O2. The van der Waals surface area contributed by atoms with Crippen LogP contribution in [0, 0.1) is 0 Å². The Kier molecular flexibility index (Phi) is 4.22. The number of benzene rings is 1. The largest absolute Gasteiger partial charge is 0.484 e. The van der Waals surface area contributed by atoms with Crippen molar-refractivity contribution in [1.82, 2.24) is 0 Å². The third-order valence-corrected chi connectivity index (χ3v) is 2.57. The van der Waals surface area contributed by atoms with E-state index < -0.39 is 5.60 Å². The first kappa shape index (κ1) is 13.3. The minimum Gasteiger partial charge on any atom is -0.484 e. The van der Waals surface area contributed by atoms with Gasteiger partial charge in [0.15, 0.2) is 5.75 Å². The third kappa shape index (κ3) is 3.69. The molecule has 1 rings (SSSR count). The highest BCUT2D eigenvalue weighted by Gasteiger charge is 2.24. The predicted molar refractivity (Wildman–Crippen MR) is 66.5 cm³/mol. The molecule has 0 fully saturated rings. The molecule has 2 nitrogen and oxygen atoms in total. The topological polar surface area (TPSA) is 26.3 Å². The maximum Gasteiger partial charge on any atom is 0.157 e. The van der Waals surface area contributed by atoms with Gasteiger partial charge >= 0.3 is 0 Å². The lowest BCUT2D eigenvalue weighted by atomic mass is 10.0. The average Bonchev–Trinajstić information content (AvgIpc) is 2.09. The molecule has 0 saturated carbocycles. The number of Topliss-reactive ketones (excluding diaryl/α,β-unsaturated/α-hetero) is 1. The fraction of sp³-hybridized carbons (Fsp3) is 0.417. The van der Waals surface area contributed by atoms with Gasteiger partial charge in [-0.05, 0) is 32.9 Å². The molecule has 0 aromatic heterocycles. The normalized spacial score (nSPS) is 11.3. The summed E-state index contributed by atoms with van der Waals surface area (Å²) in [6, 6.07) is 5.15. The van der Waals surface area contributed by atoms with Crippen molar-refractivity contribution >= 4 is 29.0 Å². The van der Waals surface area contributed by atoms with E-state index >= 15 is 0 Å². The standard InChI is InChI=1S/C12H14Cl2O2/c1-8(15)7-12(2,3)16-11-9(13)5-4-6-10(11)14/h4-6H,7H2,1-3H3. The van der Waals surface area contributed by atoms with Gasteiger partial charge in [-0.25, -0.2) is 0 Å². The molecule has 0 saturated heterocycles. The zero-order chi connectivity index (χ0) is 12.3. The van der Waals surface area contributed by atoms with Crippen LogP contribution in [0.3, 0.4) is 0 Å². The highest BCUT2D eigenvalue weighted by molar-refractivity contribution is 6.37. The second-order valence-electron chi connectivity index (χ2n) is 4.29. The van der Waals surface area contributed by atoms with Crippen LogP contribution < -0.4 is 4.74 Å². The molecule has 0 spiro atoms. The Hall–Kier alpha value is -0.730. The van der Waals surface area contributed by atoms with E-state index in [1.165, 1.54) is 6.92 Å². The summed E-state index contributed by atoms with van der Waals surface area (Å²) in [5.41, 5.74) is -0.611. The molecule has 0 amide bonds. The lowest BCUT2D eigenvalue weighted by molar-refractivity contribution is -0.120. The van der Waals surface area contributed by atoms with E-state index in [1.807, 2.05) is 13.8 Å². The van der Waals surface area contributed by atoms with Crippen molar-refractivity contribution in [3.8, 4) is 5.75 Å². The predicted octanol–water partition coefficient (Wildman–Crippen LogP) is 4.13. The first-order valence-electron chi connectivity index (χ1n) is 4.94. The van der Waals surface area contributed by atoms with E-state index in [0.29, 0.717) is 22.2 Å². The minimum absolute atomic E-state index is 0.0631. The molecule has 0 aliphatic rings. The molecule has 1 aromatic rings. The SMILES string of the molecule is CC(=O)CC(C)(C)Oc1c(Cl)cccc1Cl. The number of rotatable bonds is 4. The second kappa shape index (κ2) is 5.07. The van der Waals surface area contributed by atoms with E-state index in [-0.39, 0.29) is 5.78 Å². The highest BCUT2D eigenvalue weighted by atomic mass is 35.5. The summed E-state index contributed by atoms with van der Waals surface area (Å²) in [6.45, 7) is 5.18. The lowest BCUT2D eigenvalue weighted by Gasteiger charge is -2.26. The molecule has 1 aromatic carbocycles. The van der Waals surface area contributed by atoms with Gasteiger partial charge in [0.2, 0.25) is 0 Å². The Bertz CT molecular complexity index is 380. The second-order valence-corrected chi connectivity index (χ2v) is 5.11. The first-order chi connectivity index (χ1) is 7.32. The summed E-state index contributed by atoms with van der Waals surface area (Å²) >= 11 is 12.0. The average molecular weight is 261 g/mol. The Labute approximate surface area is 106 Å². The van der Waals surface area contributed by atoms with Gasteiger partial charge in [0.05, 0.1) is 10.0 Å². The monoisotopic (exact) mass is 260 g/mol. The van der Waals surface area contributed by atoms with Gasteiger partial charge in [0, 0.05) is 6.42 Å². The molecule has 4 heteroatoms. The number of hydrogen-bond acceptors (Lipinski definition) is 2. The summed E-state index contributed by atoms with van der Waals surface area (Å²) in [5.74, 6) is 0.491. The molecule has 0 aliphatic carbocycles. The number of ether oxygens (including phenoxy) is 1. The van der Waals surface area contributed by atoms with Gasteiger partial charge in [-0.15, -0.1) is 0 Å². The van der Waals surface area contributed by atoms with Gasteiger partial charge in [-0.2, -0.15) is 0 Å². The molecule has 0 radical (unpaired) electrons. The van der Waals surface area contributed by atoms with Crippen molar-refractivity contribution in [2.45, 2.75) is 32.8 Å². The zero-order valence-corrected chi connectivity index (χ0v) is 11.0. The Morgan fingerprint density at radius 3 is 2.25 bits per heavy atom. The number of ketones is 1. The summed E-state index contributed by atoms with van der Waals surface area (Å²) in [4.78, 5) is 11.1. The fourth-order valence-corrected chi connectivity index (χ4v) is 1.97. The van der Waals surface area contributed by atoms with Crippen LogP contribution in [-0.2, 0) is 4.79 Å². The summed E-state index contributed by atoms with van der Waals surface area (Å²) < 4.78 is 5.69. The van der Waals surface area contributed by atoms with E-state index in [0.717, 1.165) is 0 Å². The van der Waals surface area contributed by atoms with Crippen LogP contribution >= 0.6 is 23.2 Å². The molecule has 0 unspecified atom stereocenters. The van der Waals surface area contributed by atoms with Gasteiger partial charge in [0.25, 0.3) is 0 Å². The Morgan fingerprint density at radius 1 is 1.31 bits per heavy atom. The number of halogens is 2. The smallest absolute Gasteiger partial charge is 0.157 e. The van der Waals surface area contributed by atoms with Crippen LogP contribution in [0.15, 0.2) is 18.2 Å². The van der Waals surface area contributed by atoms with Gasteiger partial charge in [-0.1, -0.05) is 29.3 Å². The van der Waals surface area contributed by atoms with Gasteiger partial charge in [0.1, 0.15) is 11.4 Å². The zero-order valence-electron chi connectivity index (χ0n) is 9.51. The van der Waals surface area contributed by atoms with Crippen molar-refractivity contribution in [2.75, 3.05) is 0 Å².